The molecule has 0 bridgehead atoms. The van der Waals surface area contributed by atoms with Gasteiger partial charge in [-0.1, -0.05) is 127 Å². The summed E-state index contributed by atoms with van der Waals surface area (Å²) in [7, 11) is -2.05. The fourth-order valence-corrected chi connectivity index (χ4v) is 13.2. The molecule has 0 atom stereocenters. The van der Waals surface area contributed by atoms with Gasteiger partial charge in [0.1, 0.15) is 22.3 Å². The molecule has 274 valence electrons. The van der Waals surface area contributed by atoms with Crippen LogP contribution < -0.4 is 0 Å². The van der Waals surface area contributed by atoms with Crippen molar-refractivity contribution in [2.24, 2.45) is 0 Å². The predicted molar refractivity (Wildman–Crippen MR) is 241 cm³/mol. The third-order valence-corrected chi connectivity index (χ3v) is 15.6. The van der Waals surface area contributed by atoms with Gasteiger partial charge in [-0.3, -0.25) is 0 Å². The van der Waals surface area contributed by atoms with Gasteiger partial charge in [0.25, 0.3) is 0 Å². The first kappa shape index (κ1) is 32.9. The first-order valence-corrected chi connectivity index (χ1v) is 21.3. The first-order chi connectivity index (χ1) is 28.8. The van der Waals surface area contributed by atoms with Gasteiger partial charge < -0.3 is 13.4 Å². The molecule has 4 heteroatoms. The highest BCUT2D eigenvalue weighted by molar-refractivity contribution is 8.34. The van der Waals surface area contributed by atoms with Gasteiger partial charge >= 0.3 is 0 Å². The van der Waals surface area contributed by atoms with Crippen molar-refractivity contribution in [3.8, 4) is 16.8 Å². The zero-order valence-electron chi connectivity index (χ0n) is 31.4. The highest BCUT2D eigenvalue weighted by atomic mass is 32.3. The van der Waals surface area contributed by atoms with Gasteiger partial charge in [-0.15, -0.1) is 10.0 Å². The van der Waals surface area contributed by atoms with Crippen LogP contribution >= 0.6 is 10.0 Å². The predicted octanol–water partition coefficient (Wildman–Crippen LogP) is 15.6. The smallest absolute Gasteiger partial charge is 0.145 e. The van der Waals surface area contributed by atoms with Crippen LogP contribution in [0.25, 0.3) is 82.5 Å². The van der Waals surface area contributed by atoms with E-state index in [1.807, 2.05) is 12.1 Å². The molecule has 12 rings (SSSR count). The molecular formula is C54H35NO2S. The topological polar surface area (TPSA) is 31.2 Å². The van der Waals surface area contributed by atoms with Crippen molar-refractivity contribution in [1.29, 1.82) is 0 Å². The first-order valence-electron chi connectivity index (χ1n) is 19.7. The SMILES string of the molecule is c1ccc(S(c2ccccc2)(c2cccc(-c3cccc4c3oc3ccccc34)c2)c2cccc(-n3c4ccccc4c4c5oc6ccccc6c5ccc43)c2)cc1. The van der Waals surface area contributed by atoms with Crippen molar-refractivity contribution in [3.63, 3.8) is 0 Å². The average molecular weight is 762 g/mol. The molecular weight excluding hydrogens is 727 g/mol. The number of rotatable bonds is 6. The Labute approximate surface area is 336 Å². The van der Waals surface area contributed by atoms with Crippen LogP contribution in [-0.4, -0.2) is 4.57 Å². The van der Waals surface area contributed by atoms with Crippen LogP contribution in [0.15, 0.2) is 241 Å². The maximum Gasteiger partial charge on any atom is 0.145 e. The summed E-state index contributed by atoms with van der Waals surface area (Å²) in [5.41, 5.74) is 9.21. The molecule has 58 heavy (non-hydrogen) atoms. The van der Waals surface area contributed by atoms with E-state index < -0.39 is 10.0 Å². The lowest BCUT2D eigenvalue weighted by Crippen LogP contribution is -2.06. The minimum Gasteiger partial charge on any atom is -0.455 e. The summed E-state index contributed by atoms with van der Waals surface area (Å²) in [6.07, 6.45) is 0. The zero-order chi connectivity index (χ0) is 38.2. The minimum absolute atomic E-state index is 0.901. The van der Waals surface area contributed by atoms with Gasteiger partial charge in [0, 0.05) is 57.8 Å². The van der Waals surface area contributed by atoms with Crippen LogP contribution in [0, 0.1) is 0 Å². The Morgan fingerprint density at radius 2 is 0.879 bits per heavy atom. The summed E-state index contributed by atoms with van der Waals surface area (Å²) >= 11 is 0. The summed E-state index contributed by atoms with van der Waals surface area (Å²) < 4.78 is 15.7. The molecule has 0 amide bonds. The summed E-state index contributed by atoms with van der Waals surface area (Å²) in [4.78, 5) is 5.03. The standard InChI is InChI=1S/C54H35NO2S/c1-3-18-38(19-4-1)58(39-20-5-2-6-21-39,40-22-13-16-36(34-40)42-27-15-28-45-43-24-8-11-30-50(43)56-53(42)45)41-23-14-17-37(35-41)55-48-29-10-7-26-47(48)52-49(55)33-32-46-44-25-9-12-31-51(44)57-54(46)52/h1-35H. The molecule has 0 aliphatic heterocycles. The van der Waals surface area contributed by atoms with Crippen molar-refractivity contribution < 1.29 is 8.83 Å². The molecule has 0 spiro atoms. The summed E-state index contributed by atoms with van der Waals surface area (Å²) in [6.45, 7) is 0. The summed E-state index contributed by atoms with van der Waals surface area (Å²) in [5.74, 6) is 0. The number of hydrogen-bond acceptors (Lipinski definition) is 2. The van der Waals surface area contributed by atoms with Crippen molar-refractivity contribution in [3.05, 3.63) is 212 Å². The lowest BCUT2D eigenvalue weighted by Gasteiger charge is -2.42. The van der Waals surface area contributed by atoms with E-state index in [2.05, 4.69) is 205 Å². The Hall–Kier alpha value is -7.27. The quantitative estimate of drug-likeness (QED) is 0.169. The maximum absolute atomic E-state index is 6.65. The van der Waals surface area contributed by atoms with E-state index in [0.29, 0.717) is 0 Å². The van der Waals surface area contributed by atoms with Crippen molar-refractivity contribution in [2.75, 3.05) is 0 Å². The molecule has 3 aromatic heterocycles. The Morgan fingerprint density at radius 1 is 0.345 bits per heavy atom. The molecule has 0 saturated carbocycles. The number of aromatic nitrogens is 1. The largest absolute Gasteiger partial charge is 0.455 e. The average Bonchev–Trinajstić information content (AvgIpc) is 3.97. The highest BCUT2D eigenvalue weighted by Crippen LogP contribution is 2.73. The van der Waals surface area contributed by atoms with E-state index in [-0.39, 0.29) is 0 Å². The molecule has 0 unspecified atom stereocenters. The Morgan fingerprint density at radius 3 is 1.60 bits per heavy atom. The monoisotopic (exact) mass is 761 g/mol. The molecule has 3 nitrogen and oxygen atoms in total. The number of fused-ring (bicyclic) bond motifs is 10. The normalized spacial score (nSPS) is 12.4. The van der Waals surface area contributed by atoms with Crippen LogP contribution in [-0.2, 0) is 0 Å². The number of benzene rings is 9. The number of para-hydroxylation sites is 4. The molecule has 0 aliphatic rings. The lowest BCUT2D eigenvalue weighted by molar-refractivity contribution is 0.670. The van der Waals surface area contributed by atoms with Crippen LogP contribution in [0.2, 0.25) is 0 Å². The van der Waals surface area contributed by atoms with Crippen LogP contribution in [0.1, 0.15) is 0 Å². The lowest BCUT2D eigenvalue weighted by atomic mass is 10.0. The van der Waals surface area contributed by atoms with E-state index >= 15 is 0 Å². The molecule has 12 aromatic rings. The van der Waals surface area contributed by atoms with Crippen molar-refractivity contribution in [1.82, 2.24) is 4.57 Å². The minimum atomic E-state index is -2.05. The Bertz CT molecular complexity index is 3480. The van der Waals surface area contributed by atoms with Gasteiger partial charge in [-0.05, 0) is 90.5 Å². The number of hydrogen-bond donors (Lipinski definition) is 0. The summed E-state index contributed by atoms with van der Waals surface area (Å²) in [5, 5.41) is 6.83. The Balaban J connectivity index is 1.13. The van der Waals surface area contributed by atoms with E-state index in [9.17, 15) is 0 Å². The van der Waals surface area contributed by atoms with Gasteiger partial charge in [-0.25, -0.2) is 0 Å². The number of furan rings is 2. The summed E-state index contributed by atoms with van der Waals surface area (Å²) in [6, 6.07) is 76.9. The molecule has 0 aliphatic carbocycles. The molecule has 0 saturated heterocycles. The van der Waals surface area contributed by atoms with E-state index in [4.69, 9.17) is 8.83 Å². The second-order valence-corrected chi connectivity index (χ2v) is 17.9. The van der Waals surface area contributed by atoms with Crippen molar-refractivity contribution >= 4 is 75.7 Å². The fraction of sp³-hybridized carbons (Fsp3) is 0. The molecule has 0 N–H and O–H groups in total. The Kier molecular flexibility index (Phi) is 7.31. The highest BCUT2D eigenvalue weighted by Gasteiger charge is 2.34. The molecule has 0 fully saturated rings. The van der Waals surface area contributed by atoms with Gasteiger partial charge in [0.15, 0.2) is 0 Å². The van der Waals surface area contributed by atoms with Gasteiger partial charge in [-0.2, -0.15) is 0 Å². The molecule has 9 aromatic carbocycles. The number of nitrogens with zero attached hydrogens (tertiary/aromatic N) is 1. The van der Waals surface area contributed by atoms with E-state index in [1.54, 1.807) is 0 Å². The van der Waals surface area contributed by atoms with Crippen molar-refractivity contribution in [2.45, 2.75) is 19.6 Å². The zero-order valence-corrected chi connectivity index (χ0v) is 32.2. The maximum atomic E-state index is 6.65. The van der Waals surface area contributed by atoms with Gasteiger partial charge in [0.2, 0.25) is 0 Å². The molecule has 0 radical (unpaired) electrons. The molecule has 3 heterocycles. The van der Waals surface area contributed by atoms with E-state index in [1.165, 1.54) is 25.0 Å². The van der Waals surface area contributed by atoms with E-state index in [0.717, 1.165) is 77.1 Å². The van der Waals surface area contributed by atoms with Crippen LogP contribution in [0.4, 0.5) is 0 Å². The van der Waals surface area contributed by atoms with Gasteiger partial charge in [0.05, 0.1) is 16.4 Å². The fourth-order valence-electron chi connectivity index (χ4n) is 9.22. The van der Waals surface area contributed by atoms with Crippen LogP contribution in [0.5, 0.6) is 0 Å². The second-order valence-electron chi connectivity index (χ2n) is 14.8. The second kappa shape index (κ2) is 12.9. The third-order valence-electron chi connectivity index (χ3n) is 11.7. The third kappa shape index (κ3) is 4.76. The van der Waals surface area contributed by atoms with Crippen LogP contribution in [0.3, 0.4) is 0 Å².